The van der Waals surface area contributed by atoms with Crippen LogP contribution in [-0.2, 0) is 11.3 Å². The first kappa shape index (κ1) is 25.1. The quantitative estimate of drug-likeness (QED) is 0.261. The van der Waals surface area contributed by atoms with E-state index in [0.29, 0.717) is 37.7 Å². The topological polar surface area (TPSA) is 77.3 Å². The van der Waals surface area contributed by atoms with Gasteiger partial charge in [-0.2, -0.15) is 9.97 Å². The standard InChI is InChI=1S/C23H28F4N6O2/c1-3-4-9-35-23-30-21(28-5-6-32-7-10-34-11-8-32)20-22(31-23)33(13-29-20)12-15-18(26)16(24)14(2)17(25)19(15)27/h13H,3-12H2,1-2H3,(H,28,30,31). The fourth-order valence-electron chi connectivity index (χ4n) is 3.79. The maximum absolute atomic E-state index is 14.5. The van der Waals surface area contributed by atoms with Crippen LogP contribution in [0, 0.1) is 30.2 Å². The Balaban J connectivity index is 1.64. The van der Waals surface area contributed by atoms with Crippen LogP contribution in [0.25, 0.3) is 11.2 Å². The Hall–Kier alpha value is -2.99. The first-order valence-corrected chi connectivity index (χ1v) is 11.6. The van der Waals surface area contributed by atoms with Crippen LogP contribution in [0.2, 0.25) is 0 Å². The molecule has 0 unspecified atom stereocenters. The molecule has 3 heterocycles. The molecule has 0 aliphatic carbocycles. The summed E-state index contributed by atoms with van der Waals surface area (Å²) in [5.41, 5.74) is -0.886. The van der Waals surface area contributed by atoms with E-state index in [1.807, 2.05) is 6.92 Å². The number of ether oxygens (including phenoxy) is 2. The molecule has 1 N–H and O–H groups in total. The molecule has 4 rings (SSSR count). The number of rotatable bonds is 10. The van der Waals surface area contributed by atoms with Crippen LogP contribution in [0.5, 0.6) is 6.01 Å². The van der Waals surface area contributed by atoms with E-state index in [1.165, 1.54) is 10.9 Å². The average Bonchev–Trinajstić information content (AvgIpc) is 3.28. The fourth-order valence-corrected chi connectivity index (χ4v) is 3.79. The lowest BCUT2D eigenvalue weighted by Gasteiger charge is -2.26. The molecule has 190 valence electrons. The van der Waals surface area contributed by atoms with Crippen molar-refractivity contribution >= 4 is 17.0 Å². The van der Waals surface area contributed by atoms with Crippen LogP contribution in [-0.4, -0.2) is 70.4 Å². The van der Waals surface area contributed by atoms with E-state index in [9.17, 15) is 17.6 Å². The van der Waals surface area contributed by atoms with Gasteiger partial charge in [0.2, 0.25) is 0 Å². The number of hydrogen-bond donors (Lipinski definition) is 1. The van der Waals surface area contributed by atoms with Crippen LogP contribution < -0.4 is 10.1 Å². The van der Waals surface area contributed by atoms with E-state index < -0.39 is 40.9 Å². The van der Waals surface area contributed by atoms with Crippen molar-refractivity contribution in [1.29, 1.82) is 0 Å². The van der Waals surface area contributed by atoms with Crippen molar-refractivity contribution < 1.29 is 27.0 Å². The summed E-state index contributed by atoms with van der Waals surface area (Å²) in [6.45, 7) is 7.23. The average molecular weight is 497 g/mol. The maximum atomic E-state index is 14.5. The van der Waals surface area contributed by atoms with Gasteiger partial charge >= 0.3 is 6.01 Å². The van der Waals surface area contributed by atoms with Crippen molar-refractivity contribution in [2.45, 2.75) is 33.2 Å². The number of morpholine rings is 1. The van der Waals surface area contributed by atoms with Gasteiger partial charge in [-0.05, 0) is 13.3 Å². The first-order valence-electron chi connectivity index (χ1n) is 11.6. The molecule has 0 bridgehead atoms. The van der Waals surface area contributed by atoms with Crippen LogP contribution in [0.1, 0.15) is 30.9 Å². The predicted molar refractivity (Wildman–Crippen MR) is 122 cm³/mol. The lowest BCUT2D eigenvalue weighted by atomic mass is 10.1. The molecule has 0 spiro atoms. The monoisotopic (exact) mass is 496 g/mol. The highest BCUT2D eigenvalue weighted by Crippen LogP contribution is 2.27. The Morgan fingerprint density at radius 1 is 1.06 bits per heavy atom. The zero-order valence-electron chi connectivity index (χ0n) is 19.7. The zero-order valence-corrected chi connectivity index (χ0v) is 19.7. The van der Waals surface area contributed by atoms with Gasteiger partial charge in [-0.1, -0.05) is 13.3 Å². The van der Waals surface area contributed by atoms with Crippen molar-refractivity contribution in [3.05, 3.63) is 40.7 Å². The number of unbranched alkanes of at least 4 members (excludes halogenated alkanes) is 1. The maximum Gasteiger partial charge on any atom is 0.320 e. The second kappa shape index (κ2) is 11.2. The lowest BCUT2D eigenvalue weighted by Crippen LogP contribution is -2.39. The van der Waals surface area contributed by atoms with Gasteiger partial charge in [-0.25, -0.2) is 22.5 Å². The predicted octanol–water partition coefficient (Wildman–Crippen LogP) is 3.66. The highest BCUT2D eigenvalue weighted by molar-refractivity contribution is 5.83. The molecule has 0 atom stereocenters. The number of imidazole rings is 1. The van der Waals surface area contributed by atoms with Crippen LogP contribution in [0.15, 0.2) is 6.33 Å². The summed E-state index contributed by atoms with van der Waals surface area (Å²) in [7, 11) is 0. The molecular formula is C23H28F4N6O2. The summed E-state index contributed by atoms with van der Waals surface area (Å²) < 4.78 is 69.5. The number of hydrogen-bond acceptors (Lipinski definition) is 7. The number of nitrogens with zero attached hydrogens (tertiary/aromatic N) is 5. The van der Waals surface area contributed by atoms with Gasteiger partial charge in [0.25, 0.3) is 0 Å². The highest BCUT2D eigenvalue weighted by atomic mass is 19.2. The number of anilines is 1. The van der Waals surface area contributed by atoms with Crippen molar-refractivity contribution in [2.24, 2.45) is 0 Å². The second-order valence-electron chi connectivity index (χ2n) is 8.34. The Morgan fingerprint density at radius 2 is 1.77 bits per heavy atom. The van der Waals surface area contributed by atoms with Gasteiger partial charge in [0, 0.05) is 37.3 Å². The molecule has 0 saturated carbocycles. The minimum Gasteiger partial charge on any atom is -0.463 e. The van der Waals surface area contributed by atoms with E-state index in [0.717, 1.165) is 39.4 Å². The summed E-state index contributed by atoms with van der Waals surface area (Å²) >= 11 is 0. The van der Waals surface area contributed by atoms with Crippen molar-refractivity contribution in [1.82, 2.24) is 24.4 Å². The summed E-state index contributed by atoms with van der Waals surface area (Å²) in [6, 6.07) is 0.0729. The third-order valence-corrected chi connectivity index (χ3v) is 5.90. The summed E-state index contributed by atoms with van der Waals surface area (Å²) in [5.74, 6) is -5.34. The van der Waals surface area contributed by atoms with Gasteiger partial charge in [-0.15, -0.1) is 0 Å². The Bertz CT molecular complexity index is 1150. The van der Waals surface area contributed by atoms with Gasteiger partial charge < -0.3 is 19.4 Å². The van der Waals surface area contributed by atoms with Crippen LogP contribution >= 0.6 is 0 Å². The molecule has 0 radical (unpaired) electrons. The summed E-state index contributed by atoms with van der Waals surface area (Å²) in [5, 5.41) is 3.23. The van der Waals surface area contributed by atoms with Crippen LogP contribution in [0.3, 0.4) is 0 Å². The first-order chi connectivity index (χ1) is 16.9. The normalized spacial score (nSPS) is 14.6. The van der Waals surface area contributed by atoms with Crippen molar-refractivity contribution in [2.75, 3.05) is 51.3 Å². The molecule has 12 heteroatoms. The Morgan fingerprint density at radius 3 is 2.46 bits per heavy atom. The molecule has 3 aromatic rings. The van der Waals surface area contributed by atoms with Crippen LogP contribution in [0.4, 0.5) is 23.4 Å². The van der Waals surface area contributed by atoms with E-state index in [1.54, 1.807) is 0 Å². The molecular weight excluding hydrogens is 468 g/mol. The van der Waals surface area contributed by atoms with E-state index in [4.69, 9.17) is 9.47 Å². The SMILES string of the molecule is CCCCOc1nc(NCCN2CCOCC2)c2ncn(Cc3c(F)c(F)c(C)c(F)c3F)c2n1. The summed E-state index contributed by atoms with van der Waals surface area (Å²) in [4.78, 5) is 15.3. The van der Waals surface area contributed by atoms with E-state index >= 15 is 0 Å². The highest BCUT2D eigenvalue weighted by Gasteiger charge is 2.24. The number of aromatic nitrogens is 4. The van der Waals surface area contributed by atoms with Gasteiger partial charge in [0.05, 0.1) is 32.7 Å². The third kappa shape index (κ3) is 5.48. The molecule has 35 heavy (non-hydrogen) atoms. The molecule has 1 aliphatic rings. The zero-order chi connectivity index (χ0) is 24.9. The van der Waals surface area contributed by atoms with E-state index in [2.05, 4.69) is 25.2 Å². The molecule has 1 aliphatic heterocycles. The molecule has 1 aromatic carbocycles. The second-order valence-corrected chi connectivity index (χ2v) is 8.34. The number of fused-ring (bicyclic) bond motifs is 1. The Kier molecular flexibility index (Phi) is 8.01. The molecule has 2 aromatic heterocycles. The van der Waals surface area contributed by atoms with Gasteiger partial charge in [0.15, 0.2) is 40.3 Å². The lowest BCUT2D eigenvalue weighted by molar-refractivity contribution is 0.0398. The van der Waals surface area contributed by atoms with Crippen molar-refractivity contribution in [3.8, 4) is 6.01 Å². The molecule has 1 saturated heterocycles. The Labute approximate surface area is 200 Å². The number of benzene rings is 1. The minimum atomic E-state index is -1.44. The fraction of sp³-hybridized carbons (Fsp3) is 0.522. The van der Waals surface area contributed by atoms with Crippen molar-refractivity contribution in [3.63, 3.8) is 0 Å². The largest absolute Gasteiger partial charge is 0.463 e. The third-order valence-electron chi connectivity index (χ3n) is 5.90. The van der Waals surface area contributed by atoms with Gasteiger partial charge in [0.1, 0.15) is 0 Å². The number of halogens is 4. The smallest absolute Gasteiger partial charge is 0.320 e. The number of nitrogens with one attached hydrogen (secondary N) is 1. The minimum absolute atomic E-state index is 0.0729. The van der Waals surface area contributed by atoms with Gasteiger partial charge in [-0.3, -0.25) is 4.90 Å². The molecule has 8 nitrogen and oxygen atoms in total. The van der Waals surface area contributed by atoms with E-state index in [-0.39, 0.29) is 11.7 Å². The summed E-state index contributed by atoms with van der Waals surface area (Å²) in [6.07, 6.45) is 3.00. The molecule has 0 amide bonds. The molecule has 1 fully saturated rings.